The predicted octanol–water partition coefficient (Wildman–Crippen LogP) is 1.76. The highest BCUT2D eigenvalue weighted by Crippen LogP contribution is 2.13. The van der Waals surface area contributed by atoms with Crippen LogP contribution in [0.15, 0.2) is 30.6 Å². The number of nitrogen functional groups attached to an aromatic ring is 1. The van der Waals surface area contributed by atoms with Crippen LogP contribution >= 0.6 is 0 Å². The lowest BCUT2D eigenvalue weighted by Crippen LogP contribution is -2.14. The Labute approximate surface area is 103 Å². The number of pyridine rings is 2. The summed E-state index contributed by atoms with van der Waals surface area (Å²) >= 11 is 0. The maximum Gasteiger partial charge on any atom is 0.257 e. The minimum absolute atomic E-state index is 0.360. The van der Waals surface area contributed by atoms with Crippen molar-refractivity contribution in [3.63, 3.8) is 0 Å². The lowest BCUT2D eigenvalue weighted by molar-refractivity contribution is 0.102. The highest BCUT2D eigenvalue weighted by atomic mass is 19.1. The van der Waals surface area contributed by atoms with Crippen LogP contribution in [0.1, 0.15) is 16.1 Å². The third-order valence-electron chi connectivity index (χ3n) is 2.34. The maximum absolute atomic E-state index is 12.6. The highest BCUT2D eigenvalue weighted by molar-refractivity contribution is 6.05. The average Bonchev–Trinajstić information content (AvgIpc) is 2.35. The van der Waals surface area contributed by atoms with E-state index in [1.165, 1.54) is 30.6 Å². The fourth-order valence-corrected chi connectivity index (χ4v) is 1.43. The lowest BCUT2D eigenvalue weighted by Gasteiger charge is -2.07. The first-order chi connectivity index (χ1) is 8.56. The number of halogens is 1. The van der Waals surface area contributed by atoms with Crippen molar-refractivity contribution in [3.05, 3.63) is 47.8 Å². The van der Waals surface area contributed by atoms with Crippen molar-refractivity contribution in [1.82, 2.24) is 9.97 Å². The van der Waals surface area contributed by atoms with Crippen molar-refractivity contribution < 1.29 is 9.18 Å². The maximum atomic E-state index is 12.6. The molecule has 2 aromatic rings. The van der Waals surface area contributed by atoms with Crippen LogP contribution in [0.4, 0.5) is 15.8 Å². The summed E-state index contributed by atoms with van der Waals surface area (Å²) in [5.41, 5.74) is 7.33. The Morgan fingerprint density at radius 3 is 2.78 bits per heavy atom. The van der Waals surface area contributed by atoms with E-state index in [-0.39, 0.29) is 5.91 Å². The molecule has 0 aromatic carbocycles. The van der Waals surface area contributed by atoms with Crippen LogP contribution in [0.5, 0.6) is 0 Å². The number of carbonyl (C=O) groups excluding carboxylic acids is 1. The Morgan fingerprint density at radius 1 is 1.33 bits per heavy atom. The SMILES string of the molecule is Cc1ncc(N)cc1C(=O)Nc1ccc(F)nc1. The van der Waals surface area contributed by atoms with Crippen LogP contribution in [-0.2, 0) is 0 Å². The van der Waals surface area contributed by atoms with Gasteiger partial charge in [0, 0.05) is 0 Å². The number of nitrogens with one attached hydrogen (secondary N) is 1. The average molecular weight is 246 g/mol. The van der Waals surface area contributed by atoms with Crippen molar-refractivity contribution in [1.29, 1.82) is 0 Å². The summed E-state index contributed by atoms with van der Waals surface area (Å²) in [4.78, 5) is 19.4. The van der Waals surface area contributed by atoms with E-state index < -0.39 is 5.95 Å². The standard InChI is InChI=1S/C12H11FN4O/c1-7-10(4-8(14)5-15-7)12(18)17-9-2-3-11(13)16-6-9/h2-6H,14H2,1H3,(H,17,18). The second-order valence-corrected chi connectivity index (χ2v) is 3.73. The molecule has 0 aliphatic rings. The van der Waals surface area contributed by atoms with Gasteiger partial charge in [0.05, 0.1) is 35.0 Å². The second-order valence-electron chi connectivity index (χ2n) is 3.73. The molecule has 0 atom stereocenters. The van der Waals surface area contributed by atoms with E-state index in [2.05, 4.69) is 15.3 Å². The largest absolute Gasteiger partial charge is 0.397 e. The van der Waals surface area contributed by atoms with Gasteiger partial charge >= 0.3 is 0 Å². The molecule has 0 radical (unpaired) electrons. The molecule has 6 heteroatoms. The van der Waals surface area contributed by atoms with E-state index in [1.54, 1.807) is 6.92 Å². The molecule has 0 aliphatic heterocycles. The lowest BCUT2D eigenvalue weighted by atomic mass is 10.2. The fraction of sp³-hybridized carbons (Fsp3) is 0.0833. The van der Waals surface area contributed by atoms with Gasteiger partial charge in [-0.1, -0.05) is 0 Å². The Balaban J connectivity index is 2.21. The number of aromatic nitrogens is 2. The first kappa shape index (κ1) is 12.0. The van der Waals surface area contributed by atoms with Crippen molar-refractivity contribution in [2.45, 2.75) is 6.92 Å². The van der Waals surface area contributed by atoms with Crippen molar-refractivity contribution in [2.24, 2.45) is 0 Å². The number of rotatable bonds is 2. The van der Waals surface area contributed by atoms with E-state index in [9.17, 15) is 9.18 Å². The van der Waals surface area contributed by atoms with Gasteiger partial charge in [0.1, 0.15) is 0 Å². The molecule has 2 rings (SSSR count). The van der Waals surface area contributed by atoms with Gasteiger partial charge in [0.15, 0.2) is 0 Å². The van der Waals surface area contributed by atoms with Crippen LogP contribution in [0.25, 0.3) is 0 Å². The van der Waals surface area contributed by atoms with Crippen LogP contribution < -0.4 is 11.1 Å². The number of aryl methyl sites for hydroxylation is 1. The van der Waals surface area contributed by atoms with Gasteiger partial charge in [-0.25, -0.2) is 4.98 Å². The molecule has 0 aliphatic carbocycles. The van der Waals surface area contributed by atoms with E-state index >= 15 is 0 Å². The molecule has 0 bridgehead atoms. The van der Waals surface area contributed by atoms with Gasteiger partial charge in [-0.05, 0) is 25.1 Å². The number of hydrogen-bond donors (Lipinski definition) is 2. The molecule has 92 valence electrons. The second kappa shape index (κ2) is 4.79. The Hall–Kier alpha value is -2.50. The normalized spacial score (nSPS) is 10.1. The zero-order chi connectivity index (χ0) is 13.1. The molecule has 3 N–H and O–H groups in total. The van der Waals surface area contributed by atoms with Crippen LogP contribution in [0.2, 0.25) is 0 Å². The Bertz CT molecular complexity index is 583. The smallest absolute Gasteiger partial charge is 0.257 e. The summed E-state index contributed by atoms with van der Waals surface area (Å²) in [5.74, 6) is -0.962. The monoisotopic (exact) mass is 246 g/mol. The number of nitrogens with two attached hydrogens (primary N) is 1. The van der Waals surface area contributed by atoms with Gasteiger partial charge in [-0.2, -0.15) is 4.39 Å². The Morgan fingerprint density at radius 2 is 2.11 bits per heavy atom. The summed E-state index contributed by atoms with van der Waals surface area (Å²) in [6.07, 6.45) is 2.72. The third kappa shape index (κ3) is 2.60. The van der Waals surface area contributed by atoms with Crippen LogP contribution in [0.3, 0.4) is 0 Å². The van der Waals surface area contributed by atoms with E-state index in [0.717, 1.165) is 0 Å². The zero-order valence-corrected chi connectivity index (χ0v) is 9.64. The van der Waals surface area contributed by atoms with Gasteiger partial charge < -0.3 is 11.1 Å². The quantitative estimate of drug-likeness (QED) is 0.791. The first-order valence-corrected chi connectivity index (χ1v) is 5.21. The number of anilines is 2. The molecule has 5 nitrogen and oxygen atoms in total. The van der Waals surface area contributed by atoms with Crippen molar-refractivity contribution in [2.75, 3.05) is 11.1 Å². The van der Waals surface area contributed by atoms with Gasteiger partial charge in [-0.15, -0.1) is 0 Å². The minimum Gasteiger partial charge on any atom is -0.397 e. The topological polar surface area (TPSA) is 80.9 Å². The molecule has 0 saturated carbocycles. The molecule has 0 unspecified atom stereocenters. The van der Waals surface area contributed by atoms with Crippen molar-refractivity contribution in [3.8, 4) is 0 Å². The molecule has 18 heavy (non-hydrogen) atoms. The summed E-state index contributed by atoms with van der Waals surface area (Å²) < 4.78 is 12.6. The van der Waals surface area contributed by atoms with E-state index in [4.69, 9.17) is 5.73 Å². The summed E-state index contributed by atoms with van der Waals surface area (Å²) in [6.45, 7) is 1.71. The van der Waals surface area contributed by atoms with Crippen LogP contribution in [-0.4, -0.2) is 15.9 Å². The molecule has 0 spiro atoms. The minimum atomic E-state index is -0.602. The zero-order valence-electron chi connectivity index (χ0n) is 9.64. The number of amides is 1. The third-order valence-corrected chi connectivity index (χ3v) is 2.34. The highest BCUT2D eigenvalue weighted by Gasteiger charge is 2.11. The van der Waals surface area contributed by atoms with Gasteiger partial charge in [0.25, 0.3) is 5.91 Å². The summed E-state index contributed by atoms with van der Waals surface area (Å²) in [7, 11) is 0. The fourth-order valence-electron chi connectivity index (χ4n) is 1.43. The summed E-state index contributed by atoms with van der Waals surface area (Å²) in [6, 6.07) is 4.13. The first-order valence-electron chi connectivity index (χ1n) is 5.21. The van der Waals surface area contributed by atoms with E-state index in [1.807, 2.05) is 0 Å². The molecule has 2 aromatic heterocycles. The molecular formula is C12H11FN4O. The molecule has 0 fully saturated rings. The van der Waals surface area contributed by atoms with Gasteiger partial charge in [0.2, 0.25) is 5.95 Å². The molecule has 2 heterocycles. The summed E-state index contributed by atoms with van der Waals surface area (Å²) in [5, 5.41) is 2.59. The molecule has 1 amide bonds. The predicted molar refractivity (Wildman–Crippen MR) is 65.5 cm³/mol. The number of carbonyl (C=O) groups is 1. The molecular weight excluding hydrogens is 235 g/mol. The van der Waals surface area contributed by atoms with Crippen molar-refractivity contribution >= 4 is 17.3 Å². The number of nitrogens with zero attached hydrogens (tertiary/aromatic N) is 2. The Kier molecular flexibility index (Phi) is 3.18. The van der Waals surface area contributed by atoms with E-state index in [0.29, 0.717) is 22.6 Å². The molecule has 0 saturated heterocycles. The van der Waals surface area contributed by atoms with Gasteiger partial charge in [-0.3, -0.25) is 9.78 Å². The van der Waals surface area contributed by atoms with Crippen LogP contribution in [0, 0.1) is 12.9 Å². The number of hydrogen-bond acceptors (Lipinski definition) is 4.